The maximum Gasteiger partial charge on any atom is 0.364 e. The second-order valence-electron chi connectivity index (χ2n) is 33.2. The Hall–Kier alpha value is -5.02. The summed E-state index contributed by atoms with van der Waals surface area (Å²) in [6, 6.07) is -9.40. The fourth-order valence-electron chi connectivity index (χ4n) is 16.8. The molecule has 0 radical (unpaired) electrons. The van der Waals surface area contributed by atoms with Crippen LogP contribution in [0.3, 0.4) is 0 Å². The van der Waals surface area contributed by atoms with Crippen LogP contribution >= 0.6 is 0 Å². The third-order valence-electron chi connectivity index (χ3n) is 23.8. The van der Waals surface area contributed by atoms with Crippen molar-refractivity contribution in [3.63, 3.8) is 0 Å². The molecule has 10 fully saturated rings. The number of ether oxygens (including phenoxy) is 19. The van der Waals surface area contributed by atoms with Crippen molar-refractivity contribution in [3.8, 4) is 0 Å². The molecule has 0 aromatic rings. The van der Waals surface area contributed by atoms with Crippen molar-refractivity contribution in [2.24, 2.45) is 0 Å². The number of aliphatic hydroxyl groups is 27. The van der Waals surface area contributed by atoms with Gasteiger partial charge in [-0.1, -0.05) is 0 Å². The highest BCUT2D eigenvalue weighted by atomic mass is 16.8. The summed E-state index contributed by atoms with van der Waals surface area (Å²) < 4.78 is 113. The number of aliphatic hydroxyl groups excluding tert-OH is 27. The first-order valence-electron chi connectivity index (χ1n) is 41.6. The molecular formula is C73H121N5O53. The van der Waals surface area contributed by atoms with Gasteiger partial charge in [0.2, 0.25) is 29.5 Å². The fraction of sp³-hybridized carbons (Fsp3) is 0.918. The Morgan fingerprint density at radius 2 is 0.679 bits per heavy atom. The van der Waals surface area contributed by atoms with E-state index in [9.17, 15) is 172 Å². The molecule has 0 aromatic carbocycles. The van der Waals surface area contributed by atoms with Gasteiger partial charge in [0, 0.05) is 41.0 Å². The van der Waals surface area contributed by atoms with E-state index >= 15 is 0 Å². The van der Waals surface area contributed by atoms with Crippen molar-refractivity contribution < 1.29 is 262 Å². The first-order valence-corrected chi connectivity index (χ1v) is 41.6. The summed E-state index contributed by atoms with van der Waals surface area (Å²) in [6.45, 7) is -4.47. The zero-order valence-electron chi connectivity index (χ0n) is 70.7. The lowest BCUT2D eigenvalue weighted by atomic mass is 9.88. The largest absolute Gasteiger partial charge is 0.477 e. The van der Waals surface area contributed by atoms with Gasteiger partial charge in [-0.3, -0.25) is 24.0 Å². The SMILES string of the molecule is CC(=O)N[C@@H]1[C@H](O[C@@H]2[C@@H](O[C@@H]3[C@H](O)[C@H](O[C@H]4[C@H](O)[C@@H](NC(C)=O)[C@H](O[C@H]5[C@H](O)[C@@H](NC(C)=O)[C@@H](O)O[C@@H]5CO[C@H]5O[C@@H](C)[C@@H](O)[C@@H](O)[C@@H]5O)O[C@@H]4CO)O[C@H](CO[C@H]4O[C@H](CO)[C@@H](O)[C@H](O)[C@@H]4O[C@@H]4O[C@H](CO)[C@@H](O)[C@H](O)[C@H]4NC(C)=O)[C@H]3O)O[C@H](CO)[C@@H](O)[C@@H]2O)O[C@H](CO)[C@@H](O[C@@H]2O[C@H](CO[C@]3(C(=O)O)C[C@H](O)[C@@H](NC(C)=O)[C@H]([C@H](O)[C@H](O)CO)O3)[C@H](O)[C@H](O)[C@H]2O)[C@@H]1O. The summed E-state index contributed by atoms with van der Waals surface area (Å²) in [5.41, 5.74) is 0. The predicted octanol–water partition coefficient (Wildman–Crippen LogP) is -21.9. The molecule has 0 unspecified atom stereocenters. The second kappa shape index (κ2) is 46.6. The molecule has 10 saturated heterocycles. The Morgan fingerprint density at radius 3 is 1.16 bits per heavy atom. The predicted molar refractivity (Wildman–Crippen MR) is 403 cm³/mol. The molecule has 0 aliphatic carbocycles. The van der Waals surface area contributed by atoms with Crippen LogP contribution in [-0.2, 0) is 119 Å². The zero-order chi connectivity index (χ0) is 96.9. The average Bonchev–Trinajstić information content (AvgIpc) is 0.757. The van der Waals surface area contributed by atoms with E-state index in [1.807, 2.05) is 0 Å². The number of hydrogen-bond acceptors (Lipinski definition) is 52. The van der Waals surface area contributed by atoms with E-state index in [0.29, 0.717) is 0 Å². The van der Waals surface area contributed by atoms with Crippen LogP contribution in [0, 0.1) is 0 Å². The number of hydrogen-bond donors (Lipinski definition) is 33. The minimum Gasteiger partial charge on any atom is -0.477 e. The van der Waals surface area contributed by atoms with E-state index in [4.69, 9.17) is 90.0 Å². The van der Waals surface area contributed by atoms with Crippen LogP contribution in [-0.4, -0.2) is 550 Å². The van der Waals surface area contributed by atoms with Gasteiger partial charge >= 0.3 is 5.97 Å². The Bertz CT molecular complexity index is 3670. The molecule has 58 heteroatoms. The standard InChI is InChI=1S/C73H121N5O53/c1-17-38(92)49(103)53(107)67(116-17)113-15-32-58(46(100)34(63(110)117-32)75-19(3)86)125-65-36(77-21(5)88)47(101)57(29(13-84)121-65)127-69-55(109)60(44(98)30(123-69)14-114-70-61(51(105)41(95)26(10-81)119-70)129-64-35(76-20(4)87)45(99)40(94)25(9-80)118-64)128-71-62(52(106)42(96)27(11-82)120-71)130-66-37(78-22(6)89)48(102)56(28(12-83)122-66)126-68-54(108)50(104)43(97)31(124-68)16-115-73(72(111)112)7-23(90)33(74-18(2)85)59(131-73)39(93)24(91)8-79/h17,23-71,79-84,90-110H,7-16H2,1-6H3,(H,74,85)(H,75,86)(H,76,87)(H,77,88)(H,78,89)(H,111,112)/t17-,23-,24+,25+,26+,27+,28+,29+,30+,31+,32+,33+,34+,35+,36+,37-,38+,39+,40+,41+,42+,43-,44+,45+,46+,47+,48+,49+,50-,51-,52-,53-,54+,55-,56+,57+,58+,59+,60-,61-,62-,63-,64-,65-,66-,67-,68-,69-,70-,71+,73+/m0/s1. The van der Waals surface area contributed by atoms with E-state index < -0.39 is 414 Å². The maximum absolute atomic E-state index is 13.3. The van der Waals surface area contributed by atoms with Crippen LogP contribution < -0.4 is 26.6 Å². The monoisotopic (exact) mass is 1920 g/mol. The molecule has 756 valence electrons. The van der Waals surface area contributed by atoms with Gasteiger partial charge in [0.1, 0.15) is 232 Å². The van der Waals surface area contributed by atoms with E-state index in [1.165, 1.54) is 6.92 Å². The lowest BCUT2D eigenvalue weighted by molar-refractivity contribution is -0.399. The number of amides is 5. The molecule has 51 atom stereocenters. The molecule has 10 heterocycles. The third kappa shape index (κ3) is 24.3. The lowest BCUT2D eigenvalue weighted by Gasteiger charge is -2.51. The molecule has 131 heavy (non-hydrogen) atoms. The van der Waals surface area contributed by atoms with E-state index in [0.717, 1.165) is 34.6 Å². The highest BCUT2D eigenvalue weighted by Gasteiger charge is 2.63. The van der Waals surface area contributed by atoms with Crippen molar-refractivity contribution in [2.75, 3.05) is 59.5 Å². The van der Waals surface area contributed by atoms with Crippen LogP contribution in [0.2, 0.25) is 0 Å². The number of carboxylic acid groups (broad SMARTS) is 1. The number of carbonyl (C=O) groups excluding carboxylic acids is 5. The second-order valence-corrected chi connectivity index (χ2v) is 33.2. The van der Waals surface area contributed by atoms with Gasteiger partial charge in [-0.15, -0.1) is 0 Å². The van der Waals surface area contributed by atoms with Crippen LogP contribution in [0.5, 0.6) is 0 Å². The van der Waals surface area contributed by atoms with Gasteiger partial charge in [-0.2, -0.15) is 0 Å². The van der Waals surface area contributed by atoms with E-state index in [1.54, 1.807) is 0 Å². The van der Waals surface area contributed by atoms with Gasteiger partial charge in [0.05, 0.1) is 77.7 Å². The number of carbonyl (C=O) groups is 6. The topological polar surface area (TPSA) is 904 Å². The number of aliphatic carboxylic acids is 1. The normalized spacial score (nSPS) is 47.5. The van der Waals surface area contributed by atoms with Gasteiger partial charge in [0.15, 0.2) is 56.6 Å². The van der Waals surface area contributed by atoms with Gasteiger partial charge in [0.25, 0.3) is 5.79 Å². The summed E-state index contributed by atoms with van der Waals surface area (Å²) in [6.07, 6.45) is -97.5. The van der Waals surface area contributed by atoms with Crippen molar-refractivity contribution in [3.05, 3.63) is 0 Å². The highest BCUT2D eigenvalue weighted by molar-refractivity contribution is 5.77. The first kappa shape index (κ1) is 108. The van der Waals surface area contributed by atoms with Crippen molar-refractivity contribution >= 4 is 35.5 Å². The Kier molecular flexibility index (Phi) is 38.4. The number of rotatable bonds is 35. The molecule has 0 spiro atoms. The van der Waals surface area contributed by atoms with E-state index in [2.05, 4.69) is 26.6 Å². The number of carboxylic acids is 1. The summed E-state index contributed by atoms with van der Waals surface area (Å²) in [4.78, 5) is 76.7. The summed E-state index contributed by atoms with van der Waals surface area (Å²) in [5, 5.41) is 326. The maximum atomic E-state index is 13.3. The Morgan fingerprint density at radius 1 is 0.328 bits per heavy atom. The smallest absolute Gasteiger partial charge is 0.364 e. The molecule has 0 saturated carbocycles. The first-order chi connectivity index (χ1) is 61.7. The molecule has 58 nitrogen and oxygen atoms in total. The minimum atomic E-state index is -3.11. The molecule has 0 aromatic heterocycles. The summed E-state index contributed by atoms with van der Waals surface area (Å²) in [5.74, 6) is -9.81. The molecule has 0 bridgehead atoms. The van der Waals surface area contributed by atoms with Crippen molar-refractivity contribution in [1.82, 2.24) is 26.6 Å². The lowest BCUT2D eigenvalue weighted by Crippen LogP contribution is -2.71. The molecule has 10 aliphatic heterocycles. The van der Waals surface area contributed by atoms with Crippen LogP contribution in [0.15, 0.2) is 0 Å². The Balaban J connectivity index is 0.960. The van der Waals surface area contributed by atoms with Gasteiger partial charge in [-0.25, -0.2) is 4.79 Å². The quantitative estimate of drug-likeness (QED) is 0.0280. The summed E-state index contributed by atoms with van der Waals surface area (Å²) in [7, 11) is 0. The van der Waals surface area contributed by atoms with Gasteiger partial charge in [-0.05, 0) is 6.92 Å². The zero-order valence-corrected chi connectivity index (χ0v) is 70.7. The van der Waals surface area contributed by atoms with Crippen molar-refractivity contribution in [1.29, 1.82) is 0 Å². The average molecular weight is 1920 g/mol. The molecule has 5 amide bonds. The number of nitrogens with one attached hydrogen (secondary N) is 5. The molecule has 10 rings (SSSR count). The van der Waals surface area contributed by atoms with Crippen LogP contribution in [0.1, 0.15) is 48.0 Å². The third-order valence-corrected chi connectivity index (χ3v) is 23.8. The molecular weight excluding hydrogens is 1790 g/mol. The molecule has 33 N–H and O–H groups in total. The van der Waals surface area contributed by atoms with Crippen LogP contribution in [0.25, 0.3) is 0 Å². The van der Waals surface area contributed by atoms with E-state index in [-0.39, 0.29) is 0 Å². The fourth-order valence-corrected chi connectivity index (χ4v) is 16.8. The minimum absolute atomic E-state index is 0.851. The highest BCUT2D eigenvalue weighted by Crippen LogP contribution is 2.42. The molecule has 10 aliphatic rings. The summed E-state index contributed by atoms with van der Waals surface area (Å²) >= 11 is 0. The van der Waals surface area contributed by atoms with Crippen molar-refractivity contribution in [2.45, 2.75) is 360 Å². The van der Waals surface area contributed by atoms with Gasteiger partial charge < -0.3 is 260 Å². The van der Waals surface area contributed by atoms with Crippen LogP contribution in [0.4, 0.5) is 0 Å². The Labute approximate surface area is 741 Å².